The molecule has 1 aromatic heterocycles. The Morgan fingerprint density at radius 2 is 1.94 bits per heavy atom. The first-order chi connectivity index (χ1) is 7.74. The molecule has 6 heteroatoms. The lowest BCUT2D eigenvalue weighted by atomic mass is 10.0. The molecule has 0 fully saturated rings. The van der Waals surface area contributed by atoms with Crippen LogP contribution in [0.15, 0.2) is 6.20 Å². The SMILES string of the molecule is CC(C)(C)C.OCCNc1nc(Cl)ncc1F. The van der Waals surface area contributed by atoms with Gasteiger partial charge in [0.25, 0.3) is 0 Å². The van der Waals surface area contributed by atoms with Crippen LogP contribution in [-0.2, 0) is 0 Å². The number of halogens is 2. The van der Waals surface area contributed by atoms with E-state index in [0.29, 0.717) is 5.41 Å². The zero-order valence-electron chi connectivity index (χ0n) is 10.6. The number of nitrogens with one attached hydrogen (secondary N) is 1. The highest BCUT2D eigenvalue weighted by molar-refractivity contribution is 6.28. The van der Waals surface area contributed by atoms with Gasteiger partial charge in [0.1, 0.15) is 0 Å². The molecule has 0 spiro atoms. The van der Waals surface area contributed by atoms with Gasteiger partial charge in [-0.2, -0.15) is 4.98 Å². The molecule has 0 unspecified atom stereocenters. The minimum absolute atomic E-state index is 0.00375. The van der Waals surface area contributed by atoms with Gasteiger partial charge in [0, 0.05) is 6.54 Å². The predicted molar refractivity (Wildman–Crippen MR) is 67.7 cm³/mol. The minimum Gasteiger partial charge on any atom is -0.395 e. The van der Waals surface area contributed by atoms with Crippen LogP contribution in [0.25, 0.3) is 0 Å². The number of rotatable bonds is 3. The molecule has 2 N–H and O–H groups in total. The molecule has 0 aliphatic heterocycles. The van der Waals surface area contributed by atoms with E-state index in [2.05, 4.69) is 43.0 Å². The Kier molecular flexibility index (Phi) is 6.99. The van der Waals surface area contributed by atoms with Gasteiger partial charge in [-0.15, -0.1) is 0 Å². The van der Waals surface area contributed by atoms with Crippen molar-refractivity contribution in [2.45, 2.75) is 27.7 Å². The number of hydrogen-bond donors (Lipinski definition) is 2. The molecule has 0 atom stereocenters. The van der Waals surface area contributed by atoms with Crippen LogP contribution in [0.2, 0.25) is 5.28 Å². The molecule has 4 nitrogen and oxygen atoms in total. The summed E-state index contributed by atoms with van der Waals surface area (Å²) in [7, 11) is 0. The van der Waals surface area contributed by atoms with Gasteiger partial charge in [-0.3, -0.25) is 0 Å². The van der Waals surface area contributed by atoms with Gasteiger partial charge in [0.15, 0.2) is 11.6 Å². The normalized spacial score (nSPS) is 10.5. The lowest BCUT2D eigenvalue weighted by Crippen LogP contribution is -2.09. The van der Waals surface area contributed by atoms with Crippen LogP contribution >= 0.6 is 11.6 Å². The van der Waals surface area contributed by atoms with E-state index in [4.69, 9.17) is 16.7 Å². The number of aliphatic hydroxyl groups is 1. The first kappa shape index (κ1) is 16.1. The van der Waals surface area contributed by atoms with Crippen LogP contribution in [0.3, 0.4) is 0 Å². The molecule has 0 aliphatic carbocycles. The van der Waals surface area contributed by atoms with E-state index < -0.39 is 5.82 Å². The van der Waals surface area contributed by atoms with Gasteiger partial charge in [0.2, 0.25) is 5.28 Å². The average molecular weight is 264 g/mol. The van der Waals surface area contributed by atoms with Crippen LogP contribution in [0.5, 0.6) is 0 Å². The van der Waals surface area contributed by atoms with Crippen LogP contribution in [0.4, 0.5) is 10.2 Å². The average Bonchev–Trinajstić information content (AvgIpc) is 2.17. The Morgan fingerprint density at radius 3 is 2.41 bits per heavy atom. The standard InChI is InChI=1S/C6H7ClFN3O.C5H12/c7-6-10-3-4(8)5(11-6)9-1-2-12;1-5(2,3)4/h3,12H,1-2H2,(H,9,10,11);1-4H3. The Bertz CT molecular complexity index is 336. The molecule has 0 saturated carbocycles. The van der Waals surface area contributed by atoms with Gasteiger partial charge in [-0.05, 0) is 17.0 Å². The second-order valence-electron chi connectivity index (χ2n) is 4.99. The van der Waals surface area contributed by atoms with Crippen molar-refractivity contribution in [3.8, 4) is 0 Å². The maximum Gasteiger partial charge on any atom is 0.224 e. The van der Waals surface area contributed by atoms with E-state index >= 15 is 0 Å². The summed E-state index contributed by atoms with van der Waals surface area (Å²) >= 11 is 5.40. The van der Waals surface area contributed by atoms with Crippen molar-refractivity contribution in [1.82, 2.24) is 9.97 Å². The summed E-state index contributed by atoms with van der Waals surface area (Å²) < 4.78 is 12.8. The van der Waals surface area contributed by atoms with Gasteiger partial charge >= 0.3 is 0 Å². The van der Waals surface area contributed by atoms with Crippen LogP contribution in [0.1, 0.15) is 27.7 Å². The monoisotopic (exact) mass is 263 g/mol. The highest BCUT2D eigenvalue weighted by Gasteiger charge is 2.03. The van der Waals surface area contributed by atoms with Gasteiger partial charge < -0.3 is 10.4 Å². The van der Waals surface area contributed by atoms with Crippen molar-refractivity contribution in [3.05, 3.63) is 17.3 Å². The molecule has 98 valence electrons. The molecule has 0 aliphatic rings. The lowest BCUT2D eigenvalue weighted by molar-refractivity contribution is 0.310. The van der Waals surface area contributed by atoms with Crippen molar-refractivity contribution in [1.29, 1.82) is 0 Å². The molecule has 1 aromatic rings. The van der Waals surface area contributed by atoms with Crippen LogP contribution in [-0.4, -0.2) is 28.2 Å². The lowest BCUT2D eigenvalue weighted by Gasteiger charge is -2.05. The van der Waals surface area contributed by atoms with E-state index in [0.717, 1.165) is 6.20 Å². The molecule has 0 radical (unpaired) electrons. The fourth-order valence-electron chi connectivity index (χ4n) is 0.644. The van der Waals surface area contributed by atoms with Gasteiger partial charge in [-0.1, -0.05) is 27.7 Å². The number of nitrogens with zero attached hydrogens (tertiary/aromatic N) is 2. The molecule has 17 heavy (non-hydrogen) atoms. The number of anilines is 1. The van der Waals surface area contributed by atoms with Crippen molar-refractivity contribution in [2.24, 2.45) is 5.41 Å². The first-order valence-electron chi connectivity index (χ1n) is 5.27. The first-order valence-corrected chi connectivity index (χ1v) is 5.64. The Labute approximate surface area is 106 Å². The number of aliphatic hydroxyl groups excluding tert-OH is 1. The number of hydrogen-bond acceptors (Lipinski definition) is 4. The van der Waals surface area contributed by atoms with Crippen LogP contribution in [0, 0.1) is 11.2 Å². The zero-order chi connectivity index (χ0) is 13.5. The van der Waals surface area contributed by atoms with Crippen molar-refractivity contribution >= 4 is 17.4 Å². The molecule has 0 aromatic carbocycles. The summed E-state index contributed by atoms with van der Waals surface area (Å²) in [6.45, 7) is 8.88. The van der Waals surface area contributed by atoms with Gasteiger partial charge in [-0.25, -0.2) is 9.37 Å². The fraction of sp³-hybridized carbons (Fsp3) is 0.636. The summed E-state index contributed by atoms with van der Waals surface area (Å²) in [6.07, 6.45) is 0.967. The highest BCUT2D eigenvalue weighted by atomic mass is 35.5. The Morgan fingerprint density at radius 1 is 1.41 bits per heavy atom. The third kappa shape index (κ3) is 9.96. The topological polar surface area (TPSA) is 58.0 Å². The van der Waals surface area contributed by atoms with E-state index in [-0.39, 0.29) is 24.3 Å². The Hall–Kier alpha value is -0.940. The predicted octanol–water partition coefficient (Wildman–Crippen LogP) is 2.73. The third-order valence-electron chi connectivity index (χ3n) is 1.12. The molecular formula is C11H19ClFN3O. The molecular weight excluding hydrogens is 245 g/mol. The minimum atomic E-state index is -0.590. The molecule has 0 saturated heterocycles. The van der Waals surface area contributed by atoms with E-state index in [1.807, 2.05) is 0 Å². The molecule has 1 rings (SSSR count). The smallest absolute Gasteiger partial charge is 0.224 e. The molecule has 1 heterocycles. The summed E-state index contributed by atoms with van der Waals surface area (Å²) in [5.41, 5.74) is 0.500. The maximum absolute atomic E-state index is 12.8. The van der Waals surface area contributed by atoms with E-state index in [9.17, 15) is 4.39 Å². The largest absolute Gasteiger partial charge is 0.395 e. The summed E-state index contributed by atoms with van der Waals surface area (Å²) in [5, 5.41) is 10.9. The van der Waals surface area contributed by atoms with Crippen LogP contribution < -0.4 is 5.32 Å². The Balaban J connectivity index is 0.000000437. The maximum atomic E-state index is 12.8. The molecule has 0 bridgehead atoms. The third-order valence-corrected chi connectivity index (χ3v) is 1.30. The highest BCUT2D eigenvalue weighted by Crippen LogP contribution is 2.11. The number of aromatic nitrogens is 2. The van der Waals surface area contributed by atoms with E-state index in [1.165, 1.54) is 0 Å². The van der Waals surface area contributed by atoms with Crippen molar-refractivity contribution in [3.63, 3.8) is 0 Å². The summed E-state index contributed by atoms with van der Waals surface area (Å²) in [4.78, 5) is 6.99. The molecule has 0 amide bonds. The zero-order valence-corrected chi connectivity index (χ0v) is 11.3. The second kappa shape index (κ2) is 7.40. The summed E-state index contributed by atoms with van der Waals surface area (Å²) in [6, 6.07) is 0. The summed E-state index contributed by atoms with van der Waals surface area (Å²) in [5.74, 6) is -0.586. The fourth-order valence-corrected chi connectivity index (χ4v) is 0.777. The van der Waals surface area contributed by atoms with Gasteiger partial charge in [0.05, 0.1) is 12.8 Å². The van der Waals surface area contributed by atoms with Crippen molar-refractivity contribution in [2.75, 3.05) is 18.5 Å². The van der Waals surface area contributed by atoms with Crippen molar-refractivity contribution < 1.29 is 9.50 Å². The quantitative estimate of drug-likeness (QED) is 0.824. The van der Waals surface area contributed by atoms with E-state index in [1.54, 1.807) is 0 Å². The second-order valence-corrected chi connectivity index (χ2v) is 5.32.